The number of hydrogen-bond acceptors (Lipinski definition) is 4. The van der Waals surface area contributed by atoms with Gasteiger partial charge in [0.15, 0.2) is 18.6 Å². The zero-order chi connectivity index (χ0) is 14.5. The van der Waals surface area contributed by atoms with Crippen molar-refractivity contribution >= 4 is 5.69 Å². The van der Waals surface area contributed by atoms with Crippen molar-refractivity contribution in [1.29, 1.82) is 0 Å². The molecule has 0 aliphatic heterocycles. The van der Waals surface area contributed by atoms with Crippen molar-refractivity contribution in [2.75, 3.05) is 14.2 Å². The molecule has 0 atom stereocenters. The molecule has 104 valence electrons. The molecule has 20 heavy (non-hydrogen) atoms. The van der Waals surface area contributed by atoms with Gasteiger partial charge in [0.25, 0.3) is 4.92 Å². The van der Waals surface area contributed by atoms with Crippen LogP contribution in [0.2, 0.25) is 0 Å². The fraction of sp³-hybridized carbons (Fsp3) is 0.143. The van der Waals surface area contributed by atoms with E-state index >= 15 is 0 Å². The van der Waals surface area contributed by atoms with Crippen molar-refractivity contribution in [1.82, 2.24) is 0 Å². The average Bonchev–Trinajstić information content (AvgIpc) is 2.48. The van der Waals surface area contributed by atoms with Crippen molar-refractivity contribution < 1.29 is 23.6 Å². The molecule has 2 aromatic carbocycles. The molecule has 0 N–H and O–H groups in total. The minimum absolute atomic E-state index is 0.196. The van der Waals surface area contributed by atoms with Crippen LogP contribution in [0.3, 0.4) is 0 Å². The molecule has 0 aliphatic rings. The second-order valence-electron chi connectivity index (χ2n) is 3.80. The number of rotatable bonds is 5. The first-order chi connectivity index (χ1) is 9.65. The molecule has 0 heterocycles. The number of nitrogens with zero attached hydrogens (tertiary/aromatic N) is 1. The van der Waals surface area contributed by atoms with Crippen molar-refractivity contribution in [2.45, 2.75) is 0 Å². The molecule has 0 saturated carbocycles. The van der Waals surface area contributed by atoms with Gasteiger partial charge in [-0.05, 0) is 18.2 Å². The van der Waals surface area contributed by atoms with Crippen LogP contribution in [0.4, 0.5) is 10.1 Å². The van der Waals surface area contributed by atoms with Crippen LogP contribution in [0.15, 0.2) is 42.5 Å². The van der Waals surface area contributed by atoms with E-state index in [9.17, 15) is 9.30 Å². The lowest BCUT2D eigenvalue weighted by Gasteiger charge is -2.09. The highest BCUT2D eigenvalue weighted by molar-refractivity contribution is 5.50. The summed E-state index contributed by atoms with van der Waals surface area (Å²) in [4.78, 5) is 16.5. The Morgan fingerprint density at radius 3 is 2.45 bits per heavy atom. The molecule has 6 heteroatoms. The zero-order valence-electron chi connectivity index (χ0n) is 11.0. The highest BCUT2D eigenvalue weighted by Crippen LogP contribution is 2.36. The van der Waals surface area contributed by atoms with Gasteiger partial charge in [-0.15, -0.1) is 0 Å². The second kappa shape index (κ2) is 6.01. The van der Waals surface area contributed by atoms with E-state index in [-0.39, 0.29) is 17.2 Å². The molecule has 5 nitrogen and oxygen atoms in total. The fourth-order valence-electron chi connectivity index (χ4n) is 1.64. The largest absolute Gasteiger partial charge is 0.493 e. The van der Waals surface area contributed by atoms with Gasteiger partial charge in [0.1, 0.15) is 5.82 Å². The zero-order valence-corrected chi connectivity index (χ0v) is 11.0. The van der Waals surface area contributed by atoms with E-state index in [0.29, 0.717) is 10.7 Å². The van der Waals surface area contributed by atoms with Gasteiger partial charge >= 0.3 is 5.69 Å². The van der Waals surface area contributed by atoms with Crippen LogP contribution < -0.4 is 9.47 Å². The van der Waals surface area contributed by atoms with Gasteiger partial charge in [0.05, 0.1) is 12.0 Å². The number of hydrogen-bond donors (Lipinski definition) is 0. The van der Waals surface area contributed by atoms with E-state index in [1.54, 1.807) is 24.3 Å². The molecular formula is C14H13FNO4+. The normalized spacial score (nSPS) is 9.95. The van der Waals surface area contributed by atoms with Crippen molar-refractivity contribution in [3.05, 3.63) is 53.2 Å². The van der Waals surface area contributed by atoms with Gasteiger partial charge < -0.3 is 9.47 Å². The standard InChI is InChI=1S/C14H13FNO4/c1-18-14-9-10(15)7-8-13(14)20-12-6-4-3-5-11(12)16(17)19-2/h3-9H,1-2H3/q+1. The Morgan fingerprint density at radius 1 is 1.00 bits per heavy atom. The van der Waals surface area contributed by atoms with Crippen LogP contribution in [-0.2, 0) is 4.84 Å². The van der Waals surface area contributed by atoms with E-state index < -0.39 is 5.82 Å². The third-order valence-corrected chi connectivity index (χ3v) is 2.57. The molecule has 0 fully saturated rings. The summed E-state index contributed by atoms with van der Waals surface area (Å²) in [7, 11) is 2.66. The monoisotopic (exact) mass is 278 g/mol. The quantitative estimate of drug-likeness (QED) is 0.784. The van der Waals surface area contributed by atoms with Gasteiger partial charge in [-0.25, -0.2) is 9.23 Å². The van der Waals surface area contributed by atoms with Gasteiger partial charge in [-0.3, -0.25) is 0 Å². The van der Waals surface area contributed by atoms with Gasteiger partial charge in [-0.2, -0.15) is 0 Å². The number of methoxy groups -OCH3 is 1. The van der Waals surface area contributed by atoms with Gasteiger partial charge in [-0.1, -0.05) is 12.1 Å². The van der Waals surface area contributed by atoms with Crippen molar-refractivity contribution in [2.24, 2.45) is 0 Å². The maximum absolute atomic E-state index is 13.1. The summed E-state index contributed by atoms with van der Waals surface area (Å²) in [5.74, 6) is 0.361. The lowest BCUT2D eigenvalue weighted by molar-refractivity contribution is -0.736. The topological polar surface area (TPSA) is 47.8 Å². The Hall–Kier alpha value is -2.63. The summed E-state index contributed by atoms with van der Waals surface area (Å²) in [5.41, 5.74) is 0.196. The first-order valence-electron chi connectivity index (χ1n) is 5.77. The lowest BCUT2D eigenvalue weighted by atomic mass is 10.3. The fourth-order valence-corrected chi connectivity index (χ4v) is 1.64. The first-order valence-corrected chi connectivity index (χ1v) is 5.77. The van der Waals surface area contributed by atoms with E-state index in [4.69, 9.17) is 9.47 Å². The SMILES string of the molecule is COc1cc(F)ccc1Oc1ccccc1[N+](=O)OC. The van der Waals surface area contributed by atoms with Crippen molar-refractivity contribution in [3.63, 3.8) is 0 Å². The summed E-state index contributed by atoms with van der Waals surface area (Å²) >= 11 is 0. The second-order valence-corrected chi connectivity index (χ2v) is 3.80. The maximum Gasteiger partial charge on any atom is 0.358 e. The molecule has 0 aromatic heterocycles. The van der Waals surface area contributed by atoms with Crippen LogP contribution in [0.1, 0.15) is 0 Å². The Kier molecular flexibility index (Phi) is 4.14. The average molecular weight is 278 g/mol. The highest BCUT2D eigenvalue weighted by Gasteiger charge is 2.22. The number of ether oxygens (including phenoxy) is 2. The molecule has 0 aliphatic carbocycles. The minimum Gasteiger partial charge on any atom is -0.493 e. The number of benzene rings is 2. The Bertz CT molecular complexity index is 630. The molecular weight excluding hydrogens is 265 g/mol. The smallest absolute Gasteiger partial charge is 0.358 e. The van der Waals surface area contributed by atoms with Crippen LogP contribution in [0.5, 0.6) is 17.2 Å². The molecule has 0 saturated heterocycles. The van der Waals surface area contributed by atoms with Crippen LogP contribution in [0.25, 0.3) is 0 Å². The van der Waals surface area contributed by atoms with Crippen molar-refractivity contribution in [3.8, 4) is 17.2 Å². The Labute approximate surface area is 115 Å². The van der Waals surface area contributed by atoms with E-state index in [2.05, 4.69) is 4.84 Å². The number of halogens is 1. The van der Waals surface area contributed by atoms with Crippen LogP contribution >= 0.6 is 0 Å². The summed E-state index contributed by atoms with van der Waals surface area (Å²) in [6.07, 6.45) is 0. The minimum atomic E-state index is -0.440. The molecule has 0 spiro atoms. The third kappa shape index (κ3) is 2.85. The third-order valence-electron chi connectivity index (χ3n) is 2.57. The predicted octanol–water partition coefficient (Wildman–Crippen LogP) is 3.60. The van der Waals surface area contributed by atoms with Gasteiger partial charge in [0, 0.05) is 12.1 Å². The van der Waals surface area contributed by atoms with Gasteiger partial charge in [0.2, 0.25) is 5.75 Å². The molecule has 0 unspecified atom stereocenters. The summed E-state index contributed by atoms with van der Waals surface area (Å²) < 4.78 is 23.8. The van der Waals surface area contributed by atoms with Crippen LogP contribution in [-0.4, -0.2) is 19.1 Å². The Balaban J connectivity index is 2.38. The summed E-state index contributed by atoms with van der Waals surface area (Å²) in [6, 6.07) is 10.4. The molecule has 0 bridgehead atoms. The predicted molar refractivity (Wildman–Crippen MR) is 69.8 cm³/mol. The van der Waals surface area contributed by atoms with Crippen LogP contribution in [0, 0.1) is 10.7 Å². The molecule has 2 rings (SSSR count). The molecule has 0 amide bonds. The van der Waals surface area contributed by atoms with E-state index in [0.717, 1.165) is 0 Å². The number of para-hydroxylation sites is 2. The van der Waals surface area contributed by atoms with E-state index in [1.807, 2.05) is 0 Å². The molecule has 0 radical (unpaired) electrons. The Morgan fingerprint density at radius 2 is 1.75 bits per heavy atom. The maximum atomic E-state index is 13.1. The first kappa shape index (κ1) is 13.8. The summed E-state index contributed by atoms with van der Waals surface area (Å²) in [5, 5.41) is 0. The summed E-state index contributed by atoms with van der Waals surface area (Å²) in [6.45, 7) is 0. The molecule has 2 aromatic rings. The lowest BCUT2D eigenvalue weighted by Crippen LogP contribution is -2.00. The van der Waals surface area contributed by atoms with E-state index in [1.165, 1.54) is 32.4 Å². The highest BCUT2D eigenvalue weighted by atomic mass is 19.1.